The van der Waals surface area contributed by atoms with Crippen LogP contribution in [0.5, 0.6) is 0 Å². The van der Waals surface area contributed by atoms with Crippen molar-refractivity contribution in [2.24, 2.45) is 5.92 Å². The highest BCUT2D eigenvalue weighted by Crippen LogP contribution is 2.28. The van der Waals surface area contributed by atoms with E-state index in [2.05, 4.69) is 13.8 Å². The number of rotatable bonds is 9. The van der Waals surface area contributed by atoms with Gasteiger partial charge in [0.1, 0.15) is 0 Å². The molecule has 1 N–H and O–H groups in total. The first-order chi connectivity index (χ1) is 8.29. The minimum atomic E-state index is -0.131. The summed E-state index contributed by atoms with van der Waals surface area (Å²) in [5.74, 6) is 0.399. The monoisotopic (exact) mass is 242 g/mol. The highest BCUT2D eigenvalue weighted by molar-refractivity contribution is 4.81. The largest absolute Gasteiger partial charge is 0.393 e. The summed E-state index contributed by atoms with van der Waals surface area (Å²) in [6.07, 6.45) is 11.1. The zero-order valence-electron chi connectivity index (χ0n) is 11.7. The van der Waals surface area contributed by atoms with Crippen molar-refractivity contribution in [2.75, 3.05) is 6.61 Å². The maximum Gasteiger partial charge on any atom is 0.0626 e. The van der Waals surface area contributed by atoms with Gasteiger partial charge in [-0.1, -0.05) is 52.4 Å². The van der Waals surface area contributed by atoms with Crippen LogP contribution < -0.4 is 0 Å². The Labute approximate surface area is 107 Å². The summed E-state index contributed by atoms with van der Waals surface area (Å²) in [7, 11) is 0. The maximum absolute atomic E-state index is 10.2. The van der Waals surface area contributed by atoms with Crippen LogP contribution in [-0.4, -0.2) is 23.9 Å². The fourth-order valence-corrected chi connectivity index (χ4v) is 2.87. The van der Waals surface area contributed by atoms with E-state index < -0.39 is 0 Å². The van der Waals surface area contributed by atoms with Crippen LogP contribution in [0.15, 0.2) is 0 Å². The molecule has 3 unspecified atom stereocenters. The van der Waals surface area contributed by atoms with Gasteiger partial charge in [-0.3, -0.25) is 0 Å². The molecule has 0 aromatic rings. The molecule has 0 spiro atoms. The molecule has 102 valence electrons. The predicted molar refractivity (Wildman–Crippen MR) is 72.1 cm³/mol. The molecule has 0 aliphatic carbocycles. The van der Waals surface area contributed by atoms with Gasteiger partial charge in [-0.15, -0.1) is 0 Å². The third-order valence-corrected chi connectivity index (χ3v) is 4.01. The molecule has 0 saturated carbocycles. The summed E-state index contributed by atoms with van der Waals surface area (Å²) < 4.78 is 5.64. The van der Waals surface area contributed by atoms with Gasteiger partial charge in [0.2, 0.25) is 0 Å². The lowest BCUT2D eigenvalue weighted by molar-refractivity contribution is 0.0268. The van der Waals surface area contributed by atoms with Gasteiger partial charge in [-0.2, -0.15) is 0 Å². The maximum atomic E-state index is 10.2. The summed E-state index contributed by atoms with van der Waals surface area (Å²) >= 11 is 0. The highest BCUT2D eigenvalue weighted by atomic mass is 16.5. The van der Waals surface area contributed by atoms with Crippen LogP contribution >= 0.6 is 0 Å². The molecule has 0 amide bonds. The van der Waals surface area contributed by atoms with Gasteiger partial charge < -0.3 is 9.84 Å². The second-order valence-electron chi connectivity index (χ2n) is 5.39. The third-order valence-electron chi connectivity index (χ3n) is 4.01. The van der Waals surface area contributed by atoms with E-state index in [0.29, 0.717) is 12.0 Å². The molecule has 1 rings (SSSR count). The van der Waals surface area contributed by atoms with Crippen molar-refractivity contribution in [2.45, 2.75) is 83.8 Å². The van der Waals surface area contributed by atoms with Crippen molar-refractivity contribution in [1.82, 2.24) is 0 Å². The summed E-state index contributed by atoms with van der Waals surface area (Å²) in [6.45, 7) is 5.24. The number of aliphatic hydroxyl groups is 1. The first kappa shape index (κ1) is 15.0. The lowest BCUT2D eigenvalue weighted by Gasteiger charge is -2.22. The average Bonchev–Trinajstić information content (AvgIpc) is 2.81. The molecule has 0 aromatic carbocycles. The molecule has 0 aromatic heterocycles. The summed E-state index contributed by atoms with van der Waals surface area (Å²) in [5, 5.41) is 10.2. The summed E-state index contributed by atoms with van der Waals surface area (Å²) in [4.78, 5) is 0. The highest BCUT2D eigenvalue weighted by Gasteiger charge is 2.31. The SMILES string of the molecule is CCCCCCCCC(O)C1CCOC1CC. The molecule has 1 aliphatic heterocycles. The second-order valence-corrected chi connectivity index (χ2v) is 5.39. The number of hydrogen-bond donors (Lipinski definition) is 1. The summed E-state index contributed by atoms with van der Waals surface area (Å²) in [5.41, 5.74) is 0. The normalized spacial score (nSPS) is 26.3. The van der Waals surface area contributed by atoms with Crippen LogP contribution in [-0.2, 0) is 4.74 Å². The Kier molecular flexibility index (Phi) is 7.87. The zero-order chi connectivity index (χ0) is 12.5. The van der Waals surface area contributed by atoms with Gasteiger partial charge in [0, 0.05) is 12.5 Å². The van der Waals surface area contributed by atoms with Crippen molar-refractivity contribution in [1.29, 1.82) is 0 Å². The Bertz CT molecular complexity index is 182. The fourth-order valence-electron chi connectivity index (χ4n) is 2.87. The molecule has 17 heavy (non-hydrogen) atoms. The van der Waals surface area contributed by atoms with Crippen LogP contribution in [0.3, 0.4) is 0 Å². The van der Waals surface area contributed by atoms with Gasteiger partial charge in [-0.25, -0.2) is 0 Å². The van der Waals surface area contributed by atoms with E-state index in [1.54, 1.807) is 0 Å². The van der Waals surface area contributed by atoms with Gasteiger partial charge in [0.05, 0.1) is 12.2 Å². The predicted octanol–water partition coefficient (Wildman–Crippen LogP) is 3.91. The molecule has 1 aliphatic rings. The number of hydrogen-bond acceptors (Lipinski definition) is 2. The Hall–Kier alpha value is -0.0800. The number of ether oxygens (including phenoxy) is 1. The van der Waals surface area contributed by atoms with Crippen molar-refractivity contribution in [3.63, 3.8) is 0 Å². The Morgan fingerprint density at radius 3 is 2.53 bits per heavy atom. The second kappa shape index (κ2) is 8.93. The van der Waals surface area contributed by atoms with Gasteiger partial charge in [0.25, 0.3) is 0 Å². The lowest BCUT2D eigenvalue weighted by atomic mass is 9.90. The first-order valence-corrected chi connectivity index (χ1v) is 7.59. The van der Waals surface area contributed by atoms with Crippen molar-refractivity contribution >= 4 is 0 Å². The minimum Gasteiger partial charge on any atom is -0.393 e. The van der Waals surface area contributed by atoms with E-state index in [-0.39, 0.29) is 6.10 Å². The molecule has 1 fully saturated rings. The molecule has 0 radical (unpaired) electrons. The van der Waals surface area contributed by atoms with Crippen molar-refractivity contribution < 1.29 is 9.84 Å². The van der Waals surface area contributed by atoms with Crippen LogP contribution in [0.25, 0.3) is 0 Å². The molecular formula is C15H30O2. The minimum absolute atomic E-state index is 0.131. The van der Waals surface area contributed by atoms with Gasteiger partial charge in [0.15, 0.2) is 0 Å². The van der Waals surface area contributed by atoms with E-state index in [1.165, 1.54) is 38.5 Å². The molecular weight excluding hydrogens is 212 g/mol. The molecule has 2 nitrogen and oxygen atoms in total. The smallest absolute Gasteiger partial charge is 0.0626 e. The van der Waals surface area contributed by atoms with Crippen LogP contribution in [0, 0.1) is 5.92 Å². The molecule has 0 bridgehead atoms. The van der Waals surface area contributed by atoms with Crippen LogP contribution in [0.2, 0.25) is 0 Å². The molecule has 1 heterocycles. The van der Waals surface area contributed by atoms with E-state index >= 15 is 0 Å². The number of aliphatic hydroxyl groups excluding tert-OH is 1. The molecule has 3 atom stereocenters. The van der Waals surface area contributed by atoms with E-state index in [9.17, 15) is 5.11 Å². The van der Waals surface area contributed by atoms with Crippen LogP contribution in [0.4, 0.5) is 0 Å². The Balaban J connectivity index is 2.06. The average molecular weight is 242 g/mol. The van der Waals surface area contributed by atoms with Crippen molar-refractivity contribution in [3.05, 3.63) is 0 Å². The topological polar surface area (TPSA) is 29.5 Å². The quantitative estimate of drug-likeness (QED) is 0.621. The molecule has 2 heteroatoms. The zero-order valence-corrected chi connectivity index (χ0v) is 11.7. The lowest BCUT2D eigenvalue weighted by Crippen LogP contribution is -2.27. The number of unbranched alkanes of at least 4 members (excludes halogenated alkanes) is 5. The Morgan fingerprint density at radius 2 is 1.82 bits per heavy atom. The van der Waals surface area contributed by atoms with Gasteiger partial charge in [-0.05, 0) is 19.3 Å². The molecule has 1 saturated heterocycles. The van der Waals surface area contributed by atoms with Crippen LogP contribution in [0.1, 0.15) is 71.6 Å². The van der Waals surface area contributed by atoms with Gasteiger partial charge >= 0.3 is 0 Å². The first-order valence-electron chi connectivity index (χ1n) is 7.59. The van der Waals surface area contributed by atoms with E-state index in [0.717, 1.165) is 25.9 Å². The fraction of sp³-hybridized carbons (Fsp3) is 1.00. The van der Waals surface area contributed by atoms with Crippen molar-refractivity contribution in [3.8, 4) is 0 Å². The van der Waals surface area contributed by atoms with E-state index in [1.807, 2.05) is 0 Å². The Morgan fingerprint density at radius 1 is 1.12 bits per heavy atom. The standard InChI is InChI=1S/C15H30O2/c1-3-5-6-7-8-9-10-14(16)13-11-12-17-15(13)4-2/h13-16H,3-12H2,1-2H3. The van der Waals surface area contributed by atoms with E-state index in [4.69, 9.17) is 4.74 Å². The third kappa shape index (κ3) is 5.39. The summed E-state index contributed by atoms with van der Waals surface area (Å²) in [6, 6.07) is 0.